The van der Waals surface area contributed by atoms with E-state index >= 15 is 0 Å². The van der Waals surface area contributed by atoms with Crippen molar-refractivity contribution in [3.63, 3.8) is 0 Å². The third-order valence-corrected chi connectivity index (χ3v) is 4.58. The summed E-state index contributed by atoms with van der Waals surface area (Å²) >= 11 is 0. The van der Waals surface area contributed by atoms with Crippen molar-refractivity contribution in [2.45, 2.75) is 52.0 Å². The highest BCUT2D eigenvalue weighted by Gasteiger charge is 2.27. The number of aryl methyl sites for hydroxylation is 1. The van der Waals surface area contributed by atoms with Gasteiger partial charge in [0.25, 0.3) is 0 Å². The Hall–Kier alpha value is -0.830. The molecular weight excluding hydrogens is 222 g/mol. The zero-order chi connectivity index (χ0) is 13.1. The maximum absolute atomic E-state index is 6.36. The van der Waals surface area contributed by atoms with Gasteiger partial charge in [0.15, 0.2) is 0 Å². The zero-order valence-electron chi connectivity index (χ0n) is 12.0. The van der Waals surface area contributed by atoms with Crippen LogP contribution in [0.2, 0.25) is 0 Å². The Kier molecular flexibility index (Phi) is 4.44. The van der Waals surface area contributed by atoms with Crippen molar-refractivity contribution in [2.24, 2.45) is 30.5 Å². The van der Waals surface area contributed by atoms with Gasteiger partial charge in [0.2, 0.25) is 0 Å². The molecule has 0 spiro atoms. The number of rotatable bonds is 4. The topological polar surface area (TPSA) is 43.8 Å². The molecular formula is C15H27N3. The third-order valence-electron chi connectivity index (χ3n) is 4.58. The van der Waals surface area contributed by atoms with Crippen LogP contribution in [0.5, 0.6) is 0 Å². The average molecular weight is 249 g/mol. The van der Waals surface area contributed by atoms with Crippen LogP contribution in [0.1, 0.15) is 45.2 Å². The van der Waals surface area contributed by atoms with Gasteiger partial charge in [0, 0.05) is 25.7 Å². The van der Waals surface area contributed by atoms with Crippen LogP contribution in [0, 0.1) is 17.8 Å². The molecule has 102 valence electrons. The monoisotopic (exact) mass is 249 g/mol. The largest absolute Gasteiger partial charge is 0.327 e. The lowest BCUT2D eigenvalue weighted by Gasteiger charge is -2.33. The van der Waals surface area contributed by atoms with Crippen LogP contribution in [0.3, 0.4) is 0 Å². The fourth-order valence-electron chi connectivity index (χ4n) is 3.22. The van der Waals surface area contributed by atoms with Crippen molar-refractivity contribution in [1.82, 2.24) is 9.78 Å². The molecule has 18 heavy (non-hydrogen) atoms. The summed E-state index contributed by atoms with van der Waals surface area (Å²) < 4.78 is 1.86. The molecule has 1 atom stereocenters. The Labute approximate surface area is 111 Å². The molecule has 1 aromatic heterocycles. The molecule has 1 heterocycles. The van der Waals surface area contributed by atoms with Crippen molar-refractivity contribution >= 4 is 0 Å². The van der Waals surface area contributed by atoms with Crippen LogP contribution in [0.25, 0.3) is 0 Å². The van der Waals surface area contributed by atoms with E-state index in [0.29, 0.717) is 5.92 Å². The lowest BCUT2D eigenvalue weighted by Crippen LogP contribution is -2.35. The summed E-state index contributed by atoms with van der Waals surface area (Å²) in [6.07, 6.45) is 8.25. The maximum atomic E-state index is 6.36. The van der Waals surface area contributed by atoms with E-state index in [0.717, 1.165) is 24.0 Å². The van der Waals surface area contributed by atoms with Crippen molar-refractivity contribution in [3.05, 3.63) is 18.0 Å². The van der Waals surface area contributed by atoms with Crippen molar-refractivity contribution < 1.29 is 0 Å². The number of nitrogens with zero attached hydrogens (tertiary/aromatic N) is 2. The predicted octanol–water partition coefficient (Wildman–Crippen LogP) is 2.75. The first-order valence-electron chi connectivity index (χ1n) is 7.30. The molecule has 0 aromatic carbocycles. The molecule has 1 unspecified atom stereocenters. The summed E-state index contributed by atoms with van der Waals surface area (Å²) in [5, 5.41) is 4.43. The molecule has 1 aromatic rings. The molecule has 2 N–H and O–H groups in total. The normalized spacial score (nSPS) is 26.5. The second kappa shape index (κ2) is 5.87. The minimum atomic E-state index is 0.285. The van der Waals surface area contributed by atoms with Gasteiger partial charge in [-0.25, -0.2) is 0 Å². The SMILES string of the molecule is CC(C)C1CCC(C(N)Cc2ccn(C)n2)CC1. The smallest absolute Gasteiger partial charge is 0.0640 e. The van der Waals surface area contributed by atoms with Crippen LogP contribution in [0.4, 0.5) is 0 Å². The summed E-state index contributed by atoms with van der Waals surface area (Å²) in [7, 11) is 1.96. The molecule has 1 aliphatic carbocycles. The molecule has 1 aliphatic rings. The maximum Gasteiger partial charge on any atom is 0.0640 e. The van der Waals surface area contributed by atoms with E-state index in [1.54, 1.807) is 0 Å². The highest BCUT2D eigenvalue weighted by Crippen LogP contribution is 2.34. The highest BCUT2D eigenvalue weighted by atomic mass is 15.2. The Balaban J connectivity index is 1.82. The number of hydrogen-bond donors (Lipinski definition) is 1. The van der Waals surface area contributed by atoms with E-state index < -0.39 is 0 Å². The van der Waals surface area contributed by atoms with Crippen LogP contribution in [-0.4, -0.2) is 15.8 Å². The van der Waals surface area contributed by atoms with Crippen molar-refractivity contribution in [2.75, 3.05) is 0 Å². The van der Waals surface area contributed by atoms with Crippen LogP contribution >= 0.6 is 0 Å². The van der Waals surface area contributed by atoms with Crippen molar-refractivity contribution in [3.8, 4) is 0 Å². The fourth-order valence-corrected chi connectivity index (χ4v) is 3.22. The average Bonchev–Trinajstić information content (AvgIpc) is 2.75. The van der Waals surface area contributed by atoms with Gasteiger partial charge < -0.3 is 5.73 Å². The quantitative estimate of drug-likeness (QED) is 0.891. The Morgan fingerprint density at radius 1 is 1.28 bits per heavy atom. The summed E-state index contributed by atoms with van der Waals surface area (Å²) in [6, 6.07) is 2.37. The Morgan fingerprint density at radius 2 is 1.89 bits per heavy atom. The number of hydrogen-bond acceptors (Lipinski definition) is 2. The van der Waals surface area contributed by atoms with E-state index in [1.165, 1.54) is 25.7 Å². The van der Waals surface area contributed by atoms with E-state index in [1.807, 2.05) is 17.9 Å². The second-order valence-corrected chi connectivity index (χ2v) is 6.27. The summed E-state index contributed by atoms with van der Waals surface area (Å²) in [4.78, 5) is 0. The summed E-state index contributed by atoms with van der Waals surface area (Å²) in [5.41, 5.74) is 7.50. The molecule has 1 saturated carbocycles. The summed E-state index contributed by atoms with van der Waals surface area (Å²) in [6.45, 7) is 4.69. The van der Waals surface area contributed by atoms with E-state index in [2.05, 4.69) is 25.0 Å². The molecule has 3 heteroatoms. The minimum Gasteiger partial charge on any atom is -0.327 e. The van der Waals surface area contributed by atoms with Gasteiger partial charge in [-0.1, -0.05) is 13.8 Å². The number of nitrogens with two attached hydrogens (primary N) is 1. The standard InChI is InChI=1S/C15H27N3/c1-11(2)12-4-6-13(7-5-12)15(16)10-14-8-9-18(3)17-14/h8-9,11-13,15H,4-7,10,16H2,1-3H3. The lowest BCUT2D eigenvalue weighted by molar-refractivity contribution is 0.202. The van der Waals surface area contributed by atoms with Crippen LogP contribution in [0.15, 0.2) is 12.3 Å². The van der Waals surface area contributed by atoms with E-state index in [-0.39, 0.29) is 6.04 Å². The Bertz CT molecular complexity index is 362. The van der Waals surface area contributed by atoms with Crippen molar-refractivity contribution in [1.29, 1.82) is 0 Å². The van der Waals surface area contributed by atoms with Gasteiger partial charge in [-0.2, -0.15) is 5.10 Å². The zero-order valence-corrected chi connectivity index (χ0v) is 12.0. The van der Waals surface area contributed by atoms with Crippen LogP contribution in [-0.2, 0) is 13.5 Å². The molecule has 0 radical (unpaired) electrons. The van der Waals surface area contributed by atoms with Gasteiger partial charge in [-0.15, -0.1) is 0 Å². The first-order chi connectivity index (χ1) is 8.56. The molecule has 0 saturated heterocycles. The van der Waals surface area contributed by atoms with Gasteiger partial charge >= 0.3 is 0 Å². The Morgan fingerprint density at radius 3 is 2.39 bits per heavy atom. The van der Waals surface area contributed by atoms with Gasteiger partial charge in [0.05, 0.1) is 5.69 Å². The fraction of sp³-hybridized carbons (Fsp3) is 0.800. The minimum absolute atomic E-state index is 0.285. The molecule has 3 nitrogen and oxygen atoms in total. The second-order valence-electron chi connectivity index (χ2n) is 6.27. The molecule has 0 bridgehead atoms. The molecule has 0 aliphatic heterocycles. The van der Waals surface area contributed by atoms with Crippen LogP contribution < -0.4 is 5.73 Å². The van der Waals surface area contributed by atoms with E-state index in [4.69, 9.17) is 5.73 Å². The summed E-state index contributed by atoms with van der Waals surface area (Å²) in [5.74, 6) is 2.45. The predicted molar refractivity (Wildman–Crippen MR) is 75.2 cm³/mol. The van der Waals surface area contributed by atoms with Gasteiger partial charge in [-0.05, 0) is 49.5 Å². The lowest BCUT2D eigenvalue weighted by atomic mass is 9.74. The van der Waals surface area contributed by atoms with E-state index in [9.17, 15) is 0 Å². The first-order valence-corrected chi connectivity index (χ1v) is 7.30. The molecule has 1 fully saturated rings. The highest BCUT2D eigenvalue weighted by molar-refractivity contribution is 5.02. The molecule has 0 amide bonds. The number of aromatic nitrogens is 2. The first kappa shape index (κ1) is 13.6. The van der Waals surface area contributed by atoms with Gasteiger partial charge in [0.1, 0.15) is 0 Å². The molecule has 2 rings (SSSR count). The van der Waals surface area contributed by atoms with Gasteiger partial charge in [-0.3, -0.25) is 4.68 Å². The third kappa shape index (κ3) is 3.35.